The Bertz CT molecular complexity index is 1400. The van der Waals surface area contributed by atoms with Gasteiger partial charge >= 0.3 is 0 Å². The van der Waals surface area contributed by atoms with Crippen LogP contribution in [0.2, 0.25) is 15.1 Å². The number of hydrogen-bond donors (Lipinski definition) is 1. The van der Waals surface area contributed by atoms with Crippen LogP contribution in [0.25, 0.3) is 0 Å². The summed E-state index contributed by atoms with van der Waals surface area (Å²) in [5.41, 5.74) is 1.72. The molecule has 0 fully saturated rings. The fraction of sp³-hybridized carbons (Fsp3) is 0.310. The summed E-state index contributed by atoms with van der Waals surface area (Å²) in [6.45, 7) is 3.32. The highest BCUT2D eigenvalue weighted by Crippen LogP contribution is 2.27. The molecule has 0 bridgehead atoms. The van der Waals surface area contributed by atoms with Crippen LogP contribution >= 0.6 is 34.8 Å². The Hall–Kier alpha value is -2.78. The van der Waals surface area contributed by atoms with Crippen molar-refractivity contribution in [2.45, 2.75) is 45.3 Å². The van der Waals surface area contributed by atoms with Gasteiger partial charge in [0.05, 0.1) is 11.9 Å². The zero-order chi connectivity index (χ0) is 29.4. The summed E-state index contributed by atoms with van der Waals surface area (Å²) in [5, 5.41) is 3.95. The summed E-state index contributed by atoms with van der Waals surface area (Å²) in [6, 6.07) is 19.5. The number of nitrogens with one attached hydrogen (secondary N) is 1. The average Bonchev–Trinajstić information content (AvgIpc) is 2.89. The fourth-order valence-electron chi connectivity index (χ4n) is 4.08. The molecule has 2 atom stereocenters. The highest BCUT2D eigenvalue weighted by atomic mass is 35.5. The van der Waals surface area contributed by atoms with E-state index >= 15 is 0 Å². The van der Waals surface area contributed by atoms with E-state index in [0.29, 0.717) is 11.4 Å². The molecule has 2 unspecified atom stereocenters. The van der Waals surface area contributed by atoms with Crippen LogP contribution in [0.5, 0.6) is 0 Å². The van der Waals surface area contributed by atoms with Gasteiger partial charge in [-0.1, -0.05) is 84.2 Å². The van der Waals surface area contributed by atoms with Crippen LogP contribution in [0.3, 0.4) is 0 Å². The molecule has 0 radical (unpaired) electrons. The molecule has 0 spiro atoms. The molecular weight excluding hydrogens is 593 g/mol. The Morgan fingerprint density at radius 1 is 0.875 bits per heavy atom. The minimum absolute atomic E-state index is 0.0509. The molecule has 0 aliphatic heterocycles. The molecule has 7 nitrogen and oxygen atoms in total. The van der Waals surface area contributed by atoms with E-state index in [-0.39, 0.29) is 40.6 Å². The van der Waals surface area contributed by atoms with Crippen LogP contribution in [0.1, 0.15) is 31.4 Å². The highest BCUT2D eigenvalue weighted by Gasteiger charge is 2.33. The number of carbonyl (C=O) groups is 2. The van der Waals surface area contributed by atoms with E-state index in [0.717, 1.165) is 21.7 Å². The van der Waals surface area contributed by atoms with Crippen LogP contribution in [0.15, 0.2) is 72.8 Å². The third-order valence-corrected chi connectivity index (χ3v) is 8.18. The van der Waals surface area contributed by atoms with E-state index in [1.807, 2.05) is 44.2 Å². The second-order valence-corrected chi connectivity index (χ2v) is 12.8. The van der Waals surface area contributed by atoms with E-state index in [9.17, 15) is 18.0 Å². The molecule has 3 aromatic carbocycles. The van der Waals surface area contributed by atoms with Crippen LogP contribution in [-0.4, -0.2) is 50.0 Å². The molecule has 3 rings (SSSR count). The lowest BCUT2D eigenvalue weighted by molar-refractivity contribution is -0.140. The lowest BCUT2D eigenvalue weighted by Crippen LogP contribution is -2.54. The van der Waals surface area contributed by atoms with Gasteiger partial charge in [0.15, 0.2) is 0 Å². The van der Waals surface area contributed by atoms with Crippen molar-refractivity contribution in [2.24, 2.45) is 0 Å². The molecule has 40 heavy (non-hydrogen) atoms. The van der Waals surface area contributed by atoms with Gasteiger partial charge in [0.25, 0.3) is 0 Å². The van der Waals surface area contributed by atoms with Gasteiger partial charge in [-0.3, -0.25) is 13.9 Å². The number of rotatable bonds is 12. The summed E-state index contributed by atoms with van der Waals surface area (Å²) >= 11 is 18.4. The van der Waals surface area contributed by atoms with E-state index in [1.165, 1.54) is 23.1 Å². The largest absolute Gasteiger partial charge is 0.352 e. The first-order valence-corrected chi connectivity index (χ1v) is 15.7. The Morgan fingerprint density at radius 3 is 2.02 bits per heavy atom. The molecule has 2 amide bonds. The van der Waals surface area contributed by atoms with Crippen molar-refractivity contribution < 1.29 is 18.0 Å². The number of nitrogens with zero attached hydrogens (tertiary/aromatic N) is 2. The monoisotopic (exact) mass is 623 g/mol. The first kappa shape index (κ1) is 31.7. The van der Waals surface area contributed by atoms with Crippen molar-refractivity contribution in [1.29, 1.82) is 0 Å². The minimum atomic E-state index is -3.94. The number of carbonyl (C=O) groups excluding carboxylic acids is 2. The lowest BCUT2D eigenvalue weighted by atomic mass is 10.0. The van der Waals surface area contributed by atoms with Crippen LogP contribution in [-0.2, 0) is 32.6 Å². The van der Waals surface area contributed by atoms with E-state index < -0.39 is 28.5 Å². The second-order valence-electron chi connectivity index (χ2n) is 9.57. The molecule has 0 aliphatic rings. The highest BCUT2D eigenvalue weighted by molar-refractivity contribution is 7.92. The summed E-state index contributed by atoms with van der Waals surface area (Å²) < 4.78 is 26.7. The molecule has 11 heteroatoms. The zero-order valence-electron chi connectivity index (χ0n) is 22.5. The Labute approximate surface area is 251 Å². The molecule has 0 heterocycles. The Balaban J connectivity index is 2.07. The average molecular weight is 625 g/mol. The van der Waals surface area contributed by atoms with Crippen molar-refractivity contribution >= 4 is 62.3 Å². The van der Waals surface area contributed by atoms with Crippen molar-refractivity contribution in [3.8, 4) is 0 Å². The van der Waals surface area contributed by atoms with Crippen LogP contribution < -0.4 is 9.62 Å². The minimum Gasteiger partial charge on any atom is -0.352 e. The molecule has 0 saturated carbocycles. The maximum absolute atomic E-state index is 14.1. The lowest BCUT2D eigenvalue weighted by Gasteiger charge is -2.34. The number of sulfonamides is 1. The topological polar surface area (TPSA) is 86.8 Å². The molecule has 1 N–H and O–H groups in total. The third kappa shape index (κ3) is 9.13. The van der Waals surface area contributed by atoms with Crippen molar-refractivity contribution in [2.75, 3.05) is 17.1 Å². The van der Waals surface area contributed by atoms with Crippen molar-refractivity contribution in [1.82, 2.24) is 10.2 Å². The third-order valence-electron chi connectivity index (χ3n) is 6.35. The number of benzene rings is 3. The first-order valence-electron chi connectivity index (χ1n) is 12.7. The quantitative estimate of drug-likeness (QED) is 0.269. The summed E-state index contributed by atoms with van der Waals surface area (Å²) in [7, 11) is -3.94. The maximum Gasteiger partial charge on any atom is 0.244 e. The predicted octanol–water partition coefficient (Wildman–Crippen LogP) is 5.97. The van der Waals surface area contributed by atoms with Gasteiger partial charge in [-0.05, 0) is 54.8 Å². The molecular formula is C29H32Cl3N3O4S. The standard InChI is InChI=1S/C29H32Cl3N3O4S/c1-4-20(2)33-29(37)27(14-21-8-6-5-7-9-21)34(18-22-10-12-23(30)13-11-22)28(36)19-35(40(3,38)39)26-16-24(31)15-25(32)17-26/h5-13,15-17,20,27H,4,14,18-19H2,1-3H3,(H,33,37). The maximum atomic E-state index is 14.1. The number of hydrogen-bond acceptors (Lipinski definition) is 4. The second kappa shape index (κ2) is 14.2. The van der Waals surface area contributed by atoms with E-state index in [1.54, 1.807) is 24.3 Å². The van der Waals surface area contributed by atoms with Crippen molar-refractivity contribution in [3.63, 3.8) is 0 Å². The van der Waals surface area contributed by atoms with E-state index in [2.05, 4.69) is 5.32 Å². The summed E-state index contributed by atoms with van der Waals surface area (Å²) in [6.07, 6.45) is 1.92. The van der Waals surface area contributed by atoms with Gasteiger partial charge in [-0.15, -0.1) is 0 Å². The number of halogens is 3. The molecule has 0 saturated heterocycles. The molecule has 214 valence electrons. The Morgan fingerprint density at radius 2 is 1.48 bits per heavy atom. The van der Waals surface area contributed by atoms with E-state index in [4.69, 9.17) is 34.8 Å². The number of anilines is 1. The smallest absolute Gasteiger partial charge is 0.244 e. The summed E-state index contributed by atoms with van der Waals surface area (Å²) in [5.74, 6) is -0.908. The van der Waals surface area contributed by atoms with Gasteiger partial charge < -0.3 is 10.2 Å². The van der Waals surface area contributed by atoms with Gasteiger partial charge in [0.1, 0.15) is 12.6 Å². The Kier molecular flexibility index (Phi) is 11.3. The van der Waals surface area contributed by atoms with Crippen molar-refractivity contribution in [3.05, 3.63) is 99.0 Å². The van der Waals surface area contributed by atoms with Gasteiger partial charge in [-0.2, -0.15) is 0 Å². The molecule has 0 aromatic heterocycles. The number of amides is 2. The molecule has 0 aliphatic carbocycles. The normalized spacial score (nSPS) is 12.8. The molecule has 3 aromatic rings. The first-order chi connectivity index (χ1) is 18.9. The van der Waals surface area contributed by atoms with Crippen LogP contribution in [0, 0.1) is 0 Å². The predicted molar refractivity (Wildman–Crippen MR) is 162 cm³/mol. The zero-order valence-corrected chi connectivity index (χ0v) is 25.6. The van der Waals surface area contributed by atoms with Crippen LogP contribution in [0.4, 0.5) is 5.69 Å². The fourth-order valence-corrected chi connectivity index (χ4v) is 5.55. The SMILES string of the molecule is CCC(C)NC(=O)C(Cc1ccccc1)N(Cc1ccc(Cl)cc1)C(=O)CN(c1cc(Cl)cc(Cl)c1)S(C)(=O)=O. The summed E-state index contributed by atoms with van der Waals surface area (Å²) in [4.78, 5) is 29.1. The van der Waals surface area contributed by atoms with Gasteiger partial charge in [0, 0.05) is 34.1 Å². The van der Waals surface area contributed by atoms with Gasteiger partial charge in [-0.25, -0.2) is 8.42 Å². The van der Waals surface area contributed by atoms with Gasteiger partial charge in [0.2, 0.25) is 21.8 Å².